The average Bonchev–Trinajstić information content (AvgIpc) is 4.30. The first-order valence-corrected chi connectivity index (χ1v) is 25.4. The van der Waals surface area contributed by atoms with E-state index in [2.05, 4.69) is 21.9 Å². The summed E-state index contributed by atoms with van der Waals surface area (Å²) in [4.78, 5) is 11.4. The van der Waals surface area contributed by atoms with Gasteiger partial charge < -0.3 is 41.4 Å². The van der Waals surface area contributed by atoms with Crippen molar-refractivity contribution in [1.29, 1.82) is 0 Å². The molecule has 11 nitrogen and oxygen atoms in total. The fourth-order valence-corrected chi connectivity index (χ4v) is 6.94. The van der Waals surface area contributed by atoms with Crippen LogP contribution in [0.4, 0.5) is 51.2 Å². The summed E-state index contributed by atoms with van der Waals surface area (Å²) in [6.07, 6.45) is 15.6. The van der Waals surface area contributed by atoms with Crippen LogP contribution in [0.2, 0.25) is 0 Å². The Morgan fingerprint density at radius 3 is 0.718 bits per heavy atom. The van der Waals surface area contributed by atoms with Crippen molar-refractivity contribution in [1.82, 2.24) is 15.0 Å². The number of pyridine rings is 3. The molecule has 401 valence electrons. The van der Waals surface area contributed by atoms with Crippen molar-refractivity contribution >= 4 is 51.2 Å². The summed E-state index contributed by atoms with van der Waals surface area (Å²) in [6.45, 7) is 7.68. The van der Waals surface area contributed by atoms with Crippen molar-refractivity contribution in [3.63, 3.8) is 0 Å². The van der Waals surface area contributed by atoms with E-state index in [1.165, 1.54) is 25.7 Å². The van der Waals surface area contributed by atoms with Crippen molar-refractivity contribution in [2.45, 2.75) is 32.6 Å². The molecule has 0 aliphatic carbocycles. The number of para-hydroxylation sites is 9. The largest absolute Gasteiger partial charge is 2.00 e. The Morgan fingerprint density at radius 2 is 0.526 bits per heavy atom. The SMILES string of the molecule is C1CCOC1.C1CCOC1.CC(C[N-]c1ccccc1[N-]c1ccccc1)(C[N-]c1ccccc1[N-]c1ccccc1)C[N-]c1ccccc1[N-]c1ccccc1.[Mn+2].[Mn+2].[Mn+2].c1ccncc1.c1ccncc1.c1ccncc1. The van der Waals surface area contributed by atoms with Crippen LogP contribution in [-0.4, -0.2) is 61.0 Å². The van der Waals surface area contributed by atoms with Crippen LogP contribution in [0.5, 0.6) is 0 Å². The van der Waals surface area contributed by atoms with Gasteiger partial charge in [0.1, 0.15) is 0 Å². The molecule has 0 amide bonds. The first-order valence-electron chi connectivity index (χ1n) is 25.4. The minimum absolute atomic E-state index is 0. The molecule has 2 saturated heterocycles. The first kappa shape index (κ1) is 65.3. The van der Waals surface area contributed by atoms with Crippen LogP contribution in [0, 0.1) is 5.41 Å². The maximum absolute atomic E-state index is 5.12. The number of aromatic nitrogens is 3. The molecule has 0 spiro atoms. The third-order valence-electron chi connectivity index (χ3n) is 10.9. The molecular formula is C64H67Mn3N9O2. The van der Waals surface area contributed by atoms with Gasteiger partial charge in [-0.05, 0) is 62.1 Å². The molecule has 0 N–H and O–H groups in total. The summed E-state index contributed by atoms with van der Waals surface area (Å²) in [7, 11) is 0. The fourth-order valence-electron chi connectivity index (χ4n) is 6.94. The van der Waals surface area contributed by atoms with E-state index in [4.69, 9.17) is 41.4 Å². The van der Waals surface area contributed by atoms with Gasteiger partial charge in [-0.15, -0.1) is 36.7 Å². The molecule has 11 rings (SSSR count). The second-order valence-electron chi connectivity index (χ2n) is 17.3. The molecule has 2 aliphatic heterocycles. The van der Waals surface area contributed by atoms with Gasteiger partial charge in [0, 0.05) is 63.6 Å². The topological polar surface area (TPSA) is 142 Å². The number of hydrogen-bond donors (Lipinski definition) is 0. The molecule has 6 aromatic carbocycles. The smallest absolute Gasteiger partial charge is 0.685 e. The van der Waals surface area contributed by atoms with E-state index < -0.39 is 5.41 Å². The van der Waals surface area contributed by atoms with Gasteiger partial charge >= 0.3 is 51.2 Å². The van der Waals surface area contributed by atoms with Crippen molar-refractivity contribution in [3.8, 4) is 0 Å². The zero-order valence-corrected chi connectivity index (χ0v) is 47.5. The molecule has 2 aliphatic rings. The monoisotopic (exact) mass is 1160 g/mol. The minimum atomic E-state index is -0.417. The van der Waals surface area contributed by atoms with Crippen LogP contribution in [0.15, 0.2) is 256 Å². The third-order valence-corrected chi connectivity index (χ3v) is 10.9. The second-order valence-corrected chi connectivity index (χ2v) is 17.3. The van der Waals surface area contributed by atoms with E-state index in [9.17, 15) is 0 Å². The zero-order chi connectivity index (χ0) is 52.0. The van der Waals surface area contributed by atoms with Crippen molar-refractivity contribution < 1.29 is 60.7 Å². The van der Waals surface area contributed by atoms with Gasteiger partial charge in [-0.1, -0.05) is 194 Å². The Morgan fingerprint density at radius 1 is 0.308 bits per heavy atom. The standard InChI is InChI=1S/C41H36N6.3C5H5N.2C4H8O.3Mn/c1-41(29-42-35-23-11-14-26-38(35)45-32-17-5-2-6-18-32,30-43-36-24-12-15-27-39(36)46-33-19-7-3-8-20-33)31-44-37-25-13-16-28-40(37)47-34-21-9-4-10-22-34;3*1-2-4-6-5-3-1;2*1-2-4-5-3-1;;;/h2-28H,29-31H2,1H3;3*1-5H;2*1-4H2;;;/q-6;;;;;;3*+2. The quantitative estimate of drug-likeness (QED) is 0.0940. The van der Waals surface area contributed by atoms with Crippen molar-refractivity contribution in [2.75, 3.05) is 46.1 Å². The molecule has 5 heterocycles. The fraction of sp³-hybridized carbons (Fsp3) is 0.203. The molecule has 3 aromatic heterocycles. The van der Waals surface area contributed by atoms with Crippen LogP contribution >= 0.6 is 0 Å². The Labute approximate surface area is 495 Å². The van der Waals surface area contributed by atoms with Gasteiger partial charge in [0.15, 0.2) is 0 Å². The predicted molar refractivity (Wildman–Crippen MR) is 311 cm³/mol. The minimum Gasteiger partial charge on any atom is -0.685 e. The van der Waals surface area contributed by atoms with E-state index in [0.717, 1.165) is 77.6 Å². The van der Waals surface area contributed by atoms with Gasteiger partial charge in [0.25, 0.3) is 0 Å². The molecule has 14 heteroatoms. The van der Waals surface area contributed by atoms with Gasteiger partial charge in [0.05, 0.1) is 0 Å². The molecule has 0 unspecified atom stereocenters. The molecule has 2 fully saturated rings. The Balaban J connectivity index is 0.000000413. The van der Waals surface area contributed by atoms with E-state index in [-0.39, 0.29) is 51.2 Å². The summed E-state index contributed by atoms with van der Waals surface area (Å²) in [6, 6.07) is 71.0. The predicted octanol–water partition coefficient (Wildman–Crippen LogP) is 19.0. The van der Waals surface area contributed by atoms with Gasteiger partial charge in [-0.2, -0.15) is 34.1 Å². The van der Waals surface area contributed by atoms with E-state index in [1.807, 2.05) is 218 Å². The molecule has 78 heavy (non-hydrogen) atoms. The normalized spacial score (nSPS) is 11.5. The summed E-state index contributed by atoms with van der Waals surface area (Å²) in [5, 5.41) is 30.0. The molecule has 0 atom stereocenters. The van der Waals surface area contributed by atoms with Crippen LogP contribution in [-0.2, 0) is 60.7 Å². The molecule has 9 aromatic rings. The summed E-state index contributed by atoms with van der Waals surface area (Å²) < 4.78 is 9.89. The first-order chi connectivity index (χ1) is 37.1. The van der Waals surface area contributed by atoms with Crippen LogP contribution in [0.1, 0.15) is 32.6 Å². The number of nitrogens with zero attached hydrogens (tertiary/aromatic N) is 9. The molecule has 3 radical (unpaired) electrons. The van der Waals surface area contributed by atoms with E-state index >= 15 is 0 Å². The van der Waals surface area contributed by atoms with E-state index in [0.29, 0.717) is 19.6 Å². The number of hydrogen-bond acceptors (Lipinski definition) is 5. The maximum Gasteiger partial charge on any atom is 2.00 e. The number of benzene rings is 6. The van der Waals surface area contributed by atoms with Crippen LogP contribution in [0.25, 0.3) is 31.9 Å². The molecule has 0 bridgehead atoms. The Hall–Kier alpha value is -6.95. The summed E-state index contributed by atoms with van der Waals surface area (Å²) in [5.41, 5.74) is 7.24. The van der Waals surface area contributed by atoms with Gasteiger partial charge in [-0.3, -0.25) is 15.0 Å². The van der Waals surface area contributed by atoms with Crippen molar-refractivity contribution in [3.05, 3.63) is 287 Å². The number of ether oxygens (including phenoxy) is 2. The second kappa shape index (κ2) is 41.2. The van der Waals surface area contributed by atoms with Crippen LogP contribution < -0.4 is 0 Å². The van der Waals surface area contributed by atoms with Gasteiger partial charge in [-0.25, -0.2) is 0 Å². The summed E-state index contributed by atoms with van der Waals surface area (Å²) >= 11 is 0. The van der Waals surface area contributed by atoms with Gasteiger partial charge in [0.2, 0.25) is 0 Å². The number of rotatable bonds is 15. The Kier molecular flexibility index (Phi) is 34.5. The zero-order valence-electron chi connectivity index (χ0n) is 44.0. The van der Waals surface area contributed by atoms with Crippen LogP contribution in [0.3, 0.4) is 0 Å². The van der Waals surface area contributed by atoms with E-state index in [1.54, 1.807) is 37.2 Å². The third kappa shape index (κ3) is 27.4. The molecule has 0 saturated carbocycles. The Bertz CT molecular complexity index is 2400. The maximum atomic E-state index is 5.12. The van der Waals surface area contributed by atoms with Crippen molar-refractivity contribution in [2.24, 2.45) is 5.41 Å². The molecular weight excluding hydrogens is 1090 g/mol. The summed E-state index contributed by atoms with van der Waals surface area (Å²) in [5.74, 6) is 0. The average molecular weight is 1160 g/mol.